The zero-order chi connectivity index (χ0) is 11.9. The summed E-state index contributed by atoms with van der Waals surface area (Å²) >= 11 is 0. The van der Waals surface area contributed by atoms with Gasteiger partial charge in [0.15, 0.2) is 11.6 Å². The molecule has 2 heterocycles. The lowest BCUT2D eigenvalue weighted by atomic mass is 9.85. The number of fused-ring (bicyclic) bond motifs is 1. The molecule has 0 spiro atoms. The molecule has 92 valence electrons. The predicted molar refractivity (Wildman–Crippen MR) is 57.5 cm³/mol. The second-order valence-corrected chi connectivity index (χ2v) is 4.74. The van der Waals surface area contributed by atoms with E-state index >= 15 is 0 Å². The van der Waals surface area contributed by atoms with Crippen molar-refractivity contribution < 1.29 is 14.6 Å². The van der Waals surface area contributed by atoms with Crippen LogP contribution in [0.1, 0.15) is 37.3 Å². The highest BCUT2D eigenvalue weighted by atomic mass is 16.5. The molecule has 1 fully saturated rings. The second-order valence-electron chi connectivity index (χ2n) is 4.74. The Bertz CT molecular complexity index is 449. The highest BCUT2D eigenvalue weighted by Gasteiger charge is 2.47. The molecule has 0 amide bonds. The Morgan fingerprint density at radius 3 is 2.82 bits per heavy atom. The maximum absolute atomic E-state index is 11.6. The van der Waals surface area contributed by atoms with Crippen LogP contribution in [0.5, 0.6) is 0 Å². The van der Waals surface area contributed by atoms with Crippen molar-refractivity contribution in [1.82, 2.24) is 14.8 Å². The van der Waals surface area contributed by atoms with Gasteiger partial charge in [-0.3, -0.25) is 4.79 Å². The van der Waals surface area contributed by atoms with Crippen LogP contribution in [-0.4, -0.2) is 32.4 Å². The molecule has 0 bridgehead atoms. The molecule has 0 atom stereocenters. The topological polar surface area (TPSA) is 77.2 Å². The summed E-state index contributed by atoms with van der Waals surface area (Å²) in [6.45, 7) is 1.70. The van der Waals surface area contributed by atoms with Gasteiger partial charge >= 0.3 is 5.97 Å². The Balaban J connectivity index is 2.07. The molecular weight excluding hydrogens is 222 g/mol. The van der Waals surface area contributed by atoms with Crippen LogP contribution in [0.15, 0.2) is 0 Å². The molecule has 1 aliphatic heterocycles. The van der Waals surface area contributed by atoms with Crippen LogP contribution in [-0.2, 0) is 28.1 Å². The fourth-order valence-corrected chi connectivity index (χ4v) is 2.86. The standard InChI is InChI=1S/C11H15N3O3/c15-10(16)11(3-1-2-4-11)9-13-12-8-7-17-6-5-14(8)9/h1-7H2,(H,15,16). The first kappa shape index (κ1) is 10.7. The first-order valence-corrected chi connectivity index (χ1v) is 5.98. The molecule has 1 aromatic heterocycles. The SMILES string of the molecule is O=C(O)C1(c2nnc3n2CCOC3)CCCC1. The van der Waals surface area contributed by atoms with Crippen molar-refractivity contribution in [3.8, 4) is 0 Å². The highest BCUT2D eigenvalue weighted by Crippen LogP contribution is 2.41. The van der Waals surface area contributed by atoms with Crippen molar-refractivity contribution in [2.75, 3.05) is 6.61 Å². The fraction of sp³-hybridized carbons (Fsp3) is 0.727. The van der Waals surface area contributed by atoms with Gasteiger partial charge in [-0.25, -0.2) is 0 Å². The molecule has 1 aliphatic carbocycles. The minimum Gasteiger partial charge on any atom is -0.480 e. The number of rotatable bonds is 2. The monoisotopic (exact) mass is 237 g/mol. The van der Waals surface area contributed by atoms with Gasteiger partial charge in [-0.2, -0.15) is 0 Å². The Morgan fingerprint density at radius 2 is 2.12 bits per heavy atom. The molecule has 2 aliphatic rings. The van der Waals surface area contributed by atoms with Crippen LogP contribution in [0.4, 0.5) is 0 Å². The van der Waals surface area contributed by atoms with Gasteiger partial charge in [0.25, 0.3) is 0 Å². The van der Waals surface area contributed by atoms with Gasteiger partial charge in [0.2, 0.25) is 0 Å². The second kappa shape index (κ2) is 3.80. The van der Waals surface area contributed by atoms with E-state index < -0.39 is 11.4 Å². The number of hydrogen-bond acceptors (Lipinski definition) is 4. The number of ether oxygens (including phenoxy) is 1. The van der Waals surface area contributed by atoms with E-state index in [9.17, 15) is 9.90 Å². The third-order valence-corrected chi connectivity index (χ3v) is 3.81. The molecule has 6 nitrogen and oxygen atoms in total. The summed E-state index contributed by atoms with van der Waals surface area (Å²) < 4.78 is 7.23. The van der Waals surface area contributed by atoms with E-state index in [1.807, 2.05) is 4.57 Å². The summed E-state index contributed by atoms with van der Waals surface area (Å²) in [6.07, 6.45) is 3.23. The summed E-state index contributed by atoms with van der Waals surface area (Å²) in [4.78, 5) is 11.6. The minimum absolute atomic E-state index is 0.433. The smallest absolute Gasteiger partial charge is 0.317 e. The van der Waals surface area contributed by atoms with Crippen molar-refractivity contribution in [3.05, 3.63) is 11.6 Å². The number of aromatic nitrogens is 3. The third kappa shape index (κ3) is 1.47. The van der Waals surface area contributed by atoms with Crippen molar-refractivity contribution in [1.29, 1.82) is 0 Å². The number of carboxylic acid groups (broad SMARTS) is 1. The first-order chi connectivity index (χ1) is 8.24. The summed E-state index contributed by atoms with van der Waals surface area (Å²) in [7, 11) is 0. The maximum atomic E-state index is 11.6. The average Bonchev–Trinajstić information content (AvgIpc) is 2.95. The van der Waals surface area contributed by atoms with Gasteiger partial charge in [-0.05, 0) is 12.8 Å². The molecule has 0 unspecified atom stereocenters. The van der Waals surface area contributed by atoms with E-state index in [4.69, 9.17) is 4.74 Å². The Hall–Kier alpha value is -1.43. The van der Waals surface area contributed by atoms with Crippen LogP contribution >= 0.6 is 0 Å². The molecule has 17 heavy (non-hydrogen) atoms. The van der Waals surface area contributed by atoms with E-state index in [-0.39, 0.29) is 0 Å². The van der Waals surface area contributed by atoms with Gasteiger partial charge in [-0.15, -0.1) is 10.2 Å². The summed E-state index contributed by atoms with van der Waals surface area (Å²) in [6, 6.07) is 0. The zero-order valence-corrected chi connectivity index (χ0v) is 9.56. The lowest BCUT2D eigenvalue weighted by Gasteiger charge is -2.25. The van der Waals surface area contributed by atoms with Crippen molar-refractivity contribution in [2.45, 2.75) is 44.2 Å². The number of aliphatic carboxylic acids is 1. The van der Waals surface area contributed by atoms with Gasteiger partial charge in [0.1, 0.15) is 12.0 Å². The lowest BCUT2D eigenvalue weighted by Crippen LogP contribution is -2.37. The Labute approximate surface area is 98.6 Å². The number of nitrogens with zero attached hydrogens (tertiary/aromatic N) is 3. The van der Waals surface area contributed by atoms with Gasteiger partial charge in [0, 0.05) is 6.54 Å². The van der Waals surface area contributed by atoms with Gasteiger partial charge < -0.3 is 14.4 Å². The zero-order valence-electron chi connectivity index (χ0n) is 9.56. The number of carboxylic acids is 1. The summed E-state index contributed by atoms with van der Waals surface area (Å²) in [5.41, 5.74) is -0.817. The fourth-order valence-electron chi connectivity index (χ4n) is 2.86. The van der Waals surface area contributed by atoms with Crippen LogP contribution in [0.3, 0.4) is 0 Å². The molecular formula is C11H15N3O3. The molecule has 0 aromatic carbocycles. The van der Waals surface area contributed by atoms with Gasteiger partial charge in [-0.1, -0.05) is 12.8 Å². The first-order valence-electron chi connectivity index (χ1n) is 5.98. The molecule has 6 heteroatoms. The van der Waals surface area contributed by atoms with E-state index in [2.05, 4.69) is 10.2 Å². The van der Waals surface area contributed by atoms with E-state index in [1.54, 1.807) is 0 Å². The van der Waals surface area contributed by atoms with Crippen LogP contribution < -0.4 is 0 Å². The molecule has 0 saturated heterocycles. The molecule has 1 saturated carbocycles. The predicted octanol–water partition coefficient (Wildman–Crippen LogP) is 0.705. The molecule has 1 aromatic rings. The van der Waals surface area contributed by atoms with E-state index in [0.717, 1.165) is 18.7 Å². The van der Waals surface area contributed by atoms with Crippen molar-refractivity contribution in [2.24, 2.45) is 0 Å². The normalized spacial score (nSPS) is 22.4. The highest BCUT2D eigenvalue weighted by molar-refractivity contribution is 5.80. The molecule has 0 radical (unpaired) electrons. The maximum Gasteiger partial charge on any atom is 0.317 e. The minimum atomic E-state index is -0.817. The molecule has 3 rings (SSSR count). The quantitative estimate of drug-likeness (QED) is 0.819. The van der Waals surface area contributed by atoms with E-state index in [1.165, 1.54) is 0 Å². The van der Waals surface area contributed by atoms with Crippen LogP contribution in [0, 0.1) is 0 Å². The number of hydrogen-bond donors (Lipinski definition) is 1. The van der Waals surface area contributed by atoms with Crippen LogP contribution in [0.2, 0.25) is 0 Å². The third-order valence-electron chi connectivity index (χ3n) is 3.81. The Morgan fingerprint density at radius 1 is 1.35 bits per heavy atom. The summed E-state index contributed by atoms with van der Waals surface area (Å²) in [5.74, 6) is 0.608. The average molecular weight is 237 g/mol. The Kier molecular flexibility index (Phi) is 2.39. The molecule has 1 N–H and O–H groups in total. The van der Waals surface area contributed by atoms with Crippen LogP contribution in [0.25, 0.3) is 0 Å². The summed E-state index contributed by atoms with van der Waals surface area (Å²) in [5, 5.41) is 17.7. The van der Waals surface area contributed by atoms with Gasteiger partial charge in [0.05, 0.1) is 6.61 Å². The van der Waals surface area contributed by atoms with E-state index in [0.29, 0.717) is 38.4 Å². The largest absolute Gasteiger partial charge is 0.480 e. The van der Waals surface area contributed by atoms with Crippen molar-refractivity contribution in [3.63, 3.8) is 0 Å². The van der Waals surface area contributed by atoms with Crippen molar-refractivity contribution >= 4 is 5.97 Å². The lowest BCUT2D eigenvalue weighted by molar-refractivity contribution is -0.144. The number of carbonyl (C=O) groups is 1.